The summed E-state index contributed by atoms with van der Waals surface area (Å²) < 4.78 is 10.6. The van der Waals surface area contributed by atoms with E-state index in [9.17, 15) is 14.7 Å². The number of carboxylic acids is 1. The zero-order chi connectivity index (χ0) is 18.8. The zero-order valence-electron chi connectivity index (χ0n) is 13.8. The van der Waals surface area contributed by atoms with Gasteiger partial charge in [-0.05, 0) is 24.3 Å². The quantitative estimate of drug-likeness (QED) is 0.618. The molecule has 136 valence electrons. The van der Waals surface area contributed by atoms with Crippen molar-refractivity contribution >= 4 is 39.7 Å². The van der Waals surface area contributed by atoms with Crippen molar-refractivity contribution in [3.05, 3.63) is 59.1 Å². The molecule has 1 aliphatic rings. The lowest BCUT2D eigenvalue weighted by atomic mass is 10.2. The Morgan fingerprint density at radius 2 is 1.93 bits per heavy atom. The number of para-hydroxylation sites is 1. The van der Waals surface area contributed by atoms with Crippen LogP contribution >= 0.6 is 11.3 Å². The van der Waals surface area contributed by atoms with E-state index in [0.717, 1.165) is 5.69 Å². The topological polar surface area (TPSA) is 110 Å². The van der Waals surface area contributed by atoms with Gasteiger partial charge in [0.2, 0.25) is 6.79 Å². The van der Waals surface area contributed by atoms with Gasteiger partial charge in [0.1, 0.15) is 5.69 Å². The fraction of sp³-hybridized carbons (Fsp3) is 0.0556. The highest BCUT2D eigenvalue weighted by Gasteiger charge is 2.17. The Morgan fingerprint density at radius 1 is 1.11 bits per heavy atom. The van der Waals surface area contributed by atoms with Gasteiger partial charge in [0.05, 0.1) is 11.3 Å². The van der Waals surface area contributed by atoms with E-state index in [1.807, 2.05) is 6.07 Å². The van der Waals surface area contributed by atoms with Gasteiger partial charge in [-0.25, -0.2) is 9.78 Å². The first-order valence-corrected chi connectivity index (χ1v) is 8.74. The Hall–Kier alpha value is -3.59. The number of carboxylic acid groups (broad SMARTS) is 1. The number of fused-ring (bicyclic) bond motifs is 1. The van der Waals surface area contributed by atoms with Crippen LogP contribution in [0.25, 0.3) is 0 Å². The summed E-state index contributed by atoms with van der Waals surface area (Å²) in [6.07, 6.45) is 0. The largest absolute Gasteiger partial charge is 0.478 e. The van der Waals surface area contributed by atoms with Crippen LogP contribution in [-0.4, -0.2) is 28.8 Å². The van der Waals surface area contributed by atoms with Gasteiger partial charge < -0.3 is 25.2 Å². The molecule has 2 aromatic carbocycles. The molecule has 1 aromatic heterocycles. The predicted molar refractivity (Wildman–Crippen MR) is 99.3 cm³/mol. The molecule has 0 unspecified atom stereocenters. The van der Waals surface area contributed by atoms with Crippen molar-refractivity contribution in [3.8, 4) is 11.5 Å². The van der Waals surface area contributed by atoms with Crippen molar-refractivity contribution in [3.63, 3.8) is 0 Å². The summed E-state index contributed by atoms with van der Waals surface area (Å²) in [5.41, 5.74) is 1.16. The number of aromatic carboxylic acids is 1. The average molecular weight is 383 g/mol. The van der Waals surface area contributed by atoms with Gasteiger partial charge in [-0.1, -0.05) is 12.1 Å². The highest BCUT2D eigenvalue weighted by molar-refractivity contribution is 7.14. The maximum Gasteiger partial charge on any atom is 0.337 e. The Bertz CT molecular complexity index is 1030. The van der Waals surface area contributed by atoms with Crippen molar-refractivity contribution in [1.29, 1.82) is 0 Å². The molecular weight excluding hydrogens is 370 g/mol. The number of aromatic nitrogens is 1. The number of nitrogens with one attached hydrogen (secondary N) is 2. The van der Waals surface area contributed by atoms with Crippen LogP contribution < -0.4 is 20.1 Å². The molecule has 27 heavy (non-hydrogen) atoms. The number of amides is 1. The third kappa shape index (κ3) is 3.53. The van der Waals surface area contributed by atoms with E-state index in [4.69, 9.17) is 9.47 Å². The van der Waals surface area contributed by atoms with Crippen molar-refractivity contribution in [2.45, 2.75) is 0 Å². The van der Waals surface area contributed by atoms with Crippen LogP contribution in [0.2, 0.25) is 0 Å². The minimum absolute atomic E-state index is 0.0137. The zero-order valence-corrected chi connectivity index (χ0v) is 14.6. The van der Waals surface area contributed by atoms with Crippen LogP contribution in [0.3, 0.4) is 0 Å². The van der Waals surface area contributed by atoms with Gasteiger partial charge >= 0.3 is 5.97 Å². The Labute approximate surface area is 157 Å². The van der Waals surface area contributed by atoms with E-state index in [2.05, 4.69) is 15.6 Å². The van der Waals surface area contributed by atoms with Gasteiger partial charge in [0.15, 0.2) is 16.6 Å². The fourth-order valence-electron chi connectivity index (χ4n) is 2.50. The number of benzene rings is 2. The number of ether oxygens (including phenoxy) is 2. The number of rotatable bonds is 5. The molecule has 9 heteroatoms. The number of nitrogens with zero attached hydrogens (tertiary/aromatic N) is 1. The highest BCUT2D eigenvalue weighted by Crippen LogP contribution is 2.35. The first kappa shape index (κ1) is 16.9. The van der Waals surface area contributed by atoms with Crippen molar-refractivity contribution < 1.29 is 24.2 Å². The van der Waals surface area contributed by atoms with Crippen LogP contribution in [0.5, 0.6) is 11.5 Å². The monoisotopic (exact) mass is 383 g/mol. The minimum Gasteiger partial charge on any atom is -0.478 e. The van der Waals surface area contributed by atoms with Crippen LogP contribution in [-0.2, 0) is 0 Å². The summed E-state index contributed by atoms with van der Waals surface area (Å²) in [5.74, 6) is -0.287. The SMILES string of the molecule is O=C(Nc1ccccc1C(=O)O)c1csc(Nc2ccc3c(c2)OCO3)n1. The molecule has 8 nitrogen and oxygen atoms in total. The van der Waals surface area contributed by atoms with Gasteiger partial charge in [0.25, 0.3) is 5.91 Å². The molecule has 0 saturated carbocycles. The molecule has 2 heterocycles. The Balaban J connectivity index is 1.48. The molecule has 3 aromatic rings. The molecule has 0 spiro atoms. The van der Waals surface area contributed by atoms with Gasteiger partial charge in [-0.15, -0.1) is 11.3 Å². The lowest BCUT2D eigenvalue weighted by Gasteiger charge is -2.06. The predicted octanol–water partition coefficient (Wildman–Crippen LogP) is 3.57. The minimum atomic E-state index is -1.12. The highest BCUT2D eigenvalue weighted by atomic mass is 32.1. The summed E-state index contributed by atoms with van der Waals surface area (Å²) in [6, 6.07) is 11.6. The number of thiazole rings is 1. The molecule has 1 aliphatic heterocycles. The summed E-state index contributed by atoms with van der Waals surface area (Å²) in [6.45, 7) is 0.193. The van der Waals surface area contributed by atoms with Crippen LogP contribution in [0, 0.1) is 0 Å². The third-order valence-corrected chi connectivity index (χ3v) is 4.52. The van der Waals surface area contributed by atoms with Crippen molar-refractivity contribution in [1.82, 2.24) is 4.98 Å². The molecular formula is C18H13N3O5S. The van der Waals surface area contributed by atoms with E-state index >= 15 is 0 Å². The third-order valence-electron chi connectivity index (χ3n) is 3.77. The number of hydrogen-bond acceptors (Lipinski definition) is 7. The lowest BCUT2D eigenvalue weighted by Crippen LogP contribution is -2.15. The second kappa shape index (κ2) is 6.96. The van der Waals surface area contributed by atoms with E-state index in [1.54, 1.807) is 29.6 Å². The molecule has 0 radical (unpaired) electrons. The van der Waals surface area contributed by atoms with Crippen LogP contribution in [0.15, 0.2) is 47.8 Å². The maximum atomic E-state index is 12.4. The first-order chi connectivity index (χ1) is 13.1. The summed E-state index contributed by atoms with van der Waals surface area (Å²) in [4.78, 5) is 27.9. The van der Waals surface area contributed by atoms with Gasteiger partial charge in [0, 0.05) is 17.1 Å². The van der Waals surface area contributed by atoms with Crippen molar-refractivity contribution in [2.75, 3.05) is 17.4 Å². The number of hydrogen-bond donors (Lipinski definition) is 3. The standard InChI is InChI=1S/C18H13N3O5S/c22-16(20-12-4-2-1-3-11(12)17(23)24)13-8-27-18(21-13)19-10-5-6-14-15(7-10)26-9-25-14/h1-8H,9H2,(H,19,21)(H,20,22)(H,23,24). The normalized spacial score (nSPS) is 11.9. The van der Waals surface area contributed by atoms with Crippen LogP contribution in [0.4, 0.5) is 16.5 Å². The first-order valence-electron chi connectivity index (χ1n) is 7.86. The molecule has 0 atom stereocenters. The Kier molecular flexibility index (Phi) is 4.35. The lowest BCUT2D eigenvalue weighted by molar-refractivity contribution is 0.0698. The number of carbonyl (C=O) groups is 2. The van der Waals surface area contributed by atoms with Crippen molar-refractivity contribution in [2.24, 2.45) is 0 Å². The molecule has 0 bridgehead atoms. The molecule has 0 saturated heterocycles. The second-order valence-electron chi connectivity index (χ2n) is 5.54. The maximum absolute atomic E-state index is 12.4. The van der Waals surface area contributed by atoms with E-state index in [-0.39, 0.29) is 23.7 Å². The molecule has 1 amide bonds. The van der Waals surface area contributed by atoms with E-state index in [0.29, 0.717) is 16.6 Å². The summed E-state index contributed by atoms with van der Waals surface area (Å²) in [5, 5.41) is 17.0. The van der Waals surface area contributed by atoms with E-state index < -0.39 is 11.9 Å². The molecule has 0 aliphatic carbocycles. The van der Waals surface area contributed by atoms with Crippen LogP contribution in [0.1, 0.15) is 20.8 Å². The summed E-state index contributed by atoms with van der Waals surface area (Å²) in [7, 11) is 0. The molecule has 3 N–H and O–H groups in total. The summed E-state index contributed by atoms with van der Waals surface area (Å²) >= 11 is 1.26. The van der Waals surface area contributed by atoms with Gasteiger partial charge in [-0.3, -0.25) is 4.79 Å². The smallest absolute Gasteiger partial charge is 0.337 e. The van der Waals surface area contributed by atoms with Gasteiger partial charge in [-0.2, -0.15) is 0 Å². The molecule has 4 rings (SSSR count). The number of anilines is 3. The van der Waals surface area contributed by atoms with E-state index in [1.165, 1.54) is 23.5 Å². The number of carbonyl (C=O) groups excluding carboxylic acids is 1. The second-order valence-corrected chi connectivity index (χ2v) is 6.39. The molecule has 0 fully saturated rings. The average Bonchev–Trinajstić information content (AvgIpc) is 3.31. The fourth-order valence-corrected chi connectivity index (χ4v) is 3.21. The Morgan fingerprint density at radius 3 is 2.78 bits per heavy atom.